The smallest absolute Gasteiger partial charge is 0.0202 e. The Balaban J connectivity index is 0.00000256. The number of hydrogen-bond acceptors (Lipinski definition) is 1. The van der Waals surface area contributed by atoms with Gasteiger partial charge in [0.1, 0.15) is 0 Å². The van der Waals surface area contributed by atoms with E-state index in [1.807, 2.05) is 12.1 Å². The molecule has 0 spiro atoms. The van der Waals surface area contributed by atoms with Gasteiger partial charge in [0.25, 0.3) is 0 Å². The summed E-state index contributed by atoms with van der Waals surface area (Å²) in [6, 6.07) is 20.7. The molecule has 2 heteroatoms. The number of rotatable bonds is 3. The van der Waals surface area contributed by atoms with E-state index in [0.29, 0.717) is 0 Å². The van der Waals surface area contributed by atoms with Gasteiger partial charge in [-0.3, -0.25) is 0 Å². The zero-order valence-corrected chi connectivity index (χ0v) is 20.9. The molecule has 0 saturated carbocycles. The van der Waals surface area contributed by atoms with E-state index in [2.05, 4.69) is 90.2 Å². The van der Waals surface area contributed by atoms with E-state index in [0.717, 1.165) is 11.3 Å². The first-order valence-corrected chi connectivity index (χ1v) is 10.3. The van der Waals surface area contributed by atoms with E-state index in [4.69, 9.17) is 4.99 Å². The Bertz CT molecular complexity index is 1110. The summed E-state index contributed by atoms with van der Waals surface area (Å²) in [6.07, 6.45) is 2.09. The van der Waals surface area contributed by atoms with Crippen molar-refractivity contribution >= 4 is 11.3 Å². The molecular formula is C28H28IrN-. The van der Waals surface area contributed by atoms with Gasteiger partial charge >= 0.3 is 0 Å². The number of benzene rings is 3. The molecule has 1 atom stereocenters. The van der Waals surface area contributed by atoms with E-state index < -0.39 is 0 Å². The Morgan fingerprint density at radius 3 is 1.87 bits per heavy atom. The summed E-state index contributed by atoms with van der Waals surface area (Å²) in [5.74, 6) is 0.120. The van der Waals surface area contributed by atoms with E-state index in [1.165, 1.54) is 50.1 Å². The maximum atomic E-state index is 4.95. The van der Waals surface area contributed by atoms with Gasteiger partial charge in [-0.2, -0.15) is 0 Å². The molecule has 155 valence electrons. The third kappa shape index (κ3) is 4.00. The van der Waals surface area contributed by atoms with Crippen LogP contribution in [0, 0.1) is 47.6 Å². The summed E-state index contributed by atoms with van der Waals surface area (Å²) < 4.78 is 0. The molecule has 1 aliphatic rings. The molecule has 30 heavy (non-hydrogen) atoms. The molecule has 0 bridgehead atoms. The van der Waals surface area contributed by atoms with Crippen LogP contribution in [0.1, 0.15) is 56.0 Å². The minimum absolute atomic E-state index is 0. The van der Waals surface area contributed by atoms with Crippen LogP contribution in [-0.2, 0) is 20.1 Å². The van der Waals surface area contributed by atoms with Gasteiger partial charge in [-0.05, 0) is 86.2 Å². The van der Waals surface area contributed by atoms with Crippen LogP contribution in [0.5, 0.6) is 0 Å². The minimum atomic E-state index is 0. The maximum absolute atomic E-state index is 4.95. The third-order valence-electron chi connectivity index (χ3n) is 5.90. The van der Waals surface area contributed by atoms with Gasteiger partial charge in [0.15, 0.2) is 0 Å². The van der Waals surface area contributed by atoms with Crippen molar-refractivity contribution in [3.63, 3.8) is 0 Å². The van der Waals surface area contributed by atoms with Crippen molar-refractivity contribution in [2.24, 2.45) is 4.99 Å². The molecule has 1 radical (unpaired) electrons. The van der Waals surface area contributed by atoms with E-state index in [-0.39, 0.29) is 26.0 Å². The summed E-state index contributed by atoms with van der Waals surface area (Å²) in [6.45, 7) is 13.2. The van der Waals surface area contributed by atoms with Crippen molar-refractivity contribution in [2.45, 2.75) is 47.5 Å². The Morgan fingerprint density at radius 2 is 1.33 bits per heavy atom. The van der Waals surface area contributed by atoms with Gasteiger partial charge in [0.05, 0.1) is 0 Å². The predicted octanol–water partition coefficient (Wildman–Crippen LogP) is 6.96. The summed E-state index contributed by atoms with van der Waals surface area (Å²) in [5, 5.41) is 0. The standard InChI is InChI=1S/C28H28N.Ir/c1-17-12-19(3)25(20(4)13-17)24-16-29-28(23-10-8-7-9-11-23)27(24)26-21(5)14-18(2)15-22(26)6;/h7-10,12-16,27H,1-6H3;/q-1;. The first kappa shape index (κ1) is 22.4. The van der Waals surface area contributed by atoms with Crippen LogP contribution in [0.2, 0.25) is 0 Å². The molecule has 0 N–H and O–H groups in total. The molecule has 0 amide bonds. The van der Waals surface area contributed by atoms with Gasteiger partial charge in [-0.25, -0.2) is 0 Å². The molecule has 0 saturated heterocycles. The van der Waals surface area contributed by atoms with Crippen molar-refractivity contribution in [2.75, 3.05) is 0 Å². The van der Waals surface area contributed by atoms with Crippen molar-refractivity contribution < 1.29 is 20.1 Å². The normalized spacial score (nSPS) is 15.5. The van der Waals surface area contributed by atoms with E-state index in [1.54, 1.807) is 0 Å². The Kier molecular flexibility index (Phi) is 6.60. The second-order valence-electron chi connectivity index (χ2n) is 8.39. The first-order chi connectivity index (χ1) is 13.9. The monoisotopic (exact) mass is 571 g/mol. The number of allylic oxidation sites excluding steroid dienone is 1. The molecule has 0 fully saturated rings. The second kappa shape index (κ2) is 8.84. The summed E-state index contributed by atoms with van der Waals surface area (Å²) in [7, 11) is 0. The zero-order chi connectivity index (χ0) is 20.7. The second-order valence-corrected chi connectivity index (χ2v) is 8.39. The first-order valence-electron chi connectivity index (χ1n) is 10.3. The van der Waals surface area contributed by atoms with E-state index in [9.17, 15) is 0 Å². The van der Waals surface area contributed by atoms with Crippen LogP contribution in [-0.4, -0.2) is 5.71 Å². The summed E-state index contributed by atoms with van der Waals surface area (Å²) in [5.41, 5.74) is 14.0. The quantitative estimate of drug-likeness (QED) is 0.302. The van der Waals surface area contributed by atoms with Gasteiger partial charge in [0.2, 0.25) is 0 Å². The Hall–Kier alpha value is -2.28. The number of nitrogens with zero attached hydrogens (tertiary/aromatic N) is 1. The van der Waals surface area contributed by atoms with Crippen LogP contribution < -0.4 is 0 Å². The molecule has 0 aliphatic carbocycles. The molecule has 1 unspecified atom stereocenters. The number of hydrogen-bond donors (Lipinski definition) is 0. The molecular weight excluding hydrogens is 543 g/mol. The summed E-state index contributed by atoms with van der Waals surface area (Å²) in [4.78, 5) is 4.95. The summed E-state index contributed by atoms with van der Waals surface area (Å²) >= 11 is 0. The van der Waals surface area contributed by atoms with Crippen LogP contribution in [0.25, 0.3) is 5.57 Å². The molecule has 3 aromatic rings. The predicted molar refractivity (Wildman–Crippen MR) is 124 cm³/mol. The largest absolute Gasteiger partial charge is 0.308 e. The molecule has 1 nitrogen and oxygen atoms in total. The third-order valence-corrected chi connectivity index (χ3v) is 5.90. The van der Waals surface area contributed by atoms with Crippen LogP contribution in [0.4, 0.5) is 0 Å². The van der Waals surface area contributed by atoms with Crippen molar-refractivity contribution in [3.05, 3.63) is 111 Å². The van der Waals surface area contributed by atoms with Crippen LogP contribution >= 0.6 is 0 Å². The molecule has 4 rings (SSSR count). The number of aryl methyl sites for hydroxylation is 6. The van der Waals surface area contributed by atoms with Gasteiger partial charge in [-0.1, -0.05) is 35.4 Å². The molecule has 3 aromatic carbocycles. The van der Waals surface area contributed by atoms with Gasteiger partial charge in [-0.15, -0.1) is 35.9 Å². The fourth-order valence-corrected chi connectivity index (χ4v) is 5.00. The molecule has 1 aliphatic heterocycles. The SMILES string of the molecule is Cc1cc(C)c(C2=CN=C(c3[c-]cccc3)C2c2c(C)cc(C)cc2C)c(C)c1.[Ir]. The molecule has 0 aromatic heterocycles. The van der Waals surface area contributed by atoms with E-state index >= 15 is 0 Å². The maximum Gasteiger partial charge on any atom is 0.0202 e. The average molecular weight is 571 g/mol. The van der Waals surface area contributed by atoms with Crippen LogP contribution in [0.3, 0.4) is 0 Å². The number of aliphatic imine (C=N–C) groups is 1. The van der Waals surface area contributed by atoms with Gasteiger partial charge < -0.3 is 4.99 Å². The topological polar surface area (TPSA) is 12.4 Å². The van der Waals surface area contributed by atoms with Crippen molar-refractivity contribution in [3.8, 4) is 0 Å². The Labute approximate surface area is 194 Å². The van der Waals surface area contributed by atoms with Crippen LogP contribution in [0.15, 0.2) is 59.7 Å². The molecule has 1 heterocycles. The Morgan fingerprint density at radius 1 is 0.767 bits per heavy atom. The van der Waals surface area contributed by atoms with Crippen molar-refractivity contribution in [1.82, 2.24) is 0 Å². The fraction of sp³-hybridized carbons (Fsp3) is 0.250. The fourth-order valence-electron chi connectivity index (χ4n) is 5.00. The van der Waals surface area contributed by atoms with Crippen molar-refractivity contribution in [1.29, 1.82) is 0 Å². The minimum Gasteiger partial charge on any atom is -0.308 e. The van der Waals surface area contributed by atoms with Gasteiger partial charge in [0, 0.05) is 32.2 Å². The average Bonchev–Trinajstić information content (AvgIpc) is 3.05. The zero-order valence-electron chi connectivity index (χ0n) is 18.6.